The number of hydrogen-bond donors (Lipinski definition) is 3. The molecular weight excluding hydrogens is 797 g/mol. The predicted molar refractivity (Wildman–Crippen MR) is 217 cm³/mol. The van der Waals surface area contributed by atoms with E-state index in [0.29, 0.717) is 53.9 Å². The van der Waals surface area contributed by atoms with Crippen LogP contribution in [0.2, 0.25) is 0 Å². The van der Waals surface area contributed by atoms with Crippen LogP contribution in [-0.4, -0.2) is 107 Å². The average molecular weight is 851 g/mol. The fourth-order valence-corrected chi connectivity index (χ4v) is 9.17. The molecule has 18 nitrogen and oxygen atoms in total. The number of hydrogen-bond acceptors (Lipinski definition) is 13. The van der Waals surface area contributed by atoms with Gasteiger partial charge in [0.05, 0.1) is 32.0 Å². The van der Waals surface area contributed by atoms with Crippen LogP contribution in [0.1, 0.15) is 76.6 Å². The van der Waals surface area contributed by atoms with Gasteiger partial charge in [-0.15, -0.1) is 6.58 Å². The number of carbonyl (C=O) groups excluding carboxylic acids is 4. The minimum atomic E-state index is -3.97. The van der Waals surface area contributed by atoms with Crippen molar-refractivity contribution in [2.45, 2.75) is 102 Å². The number of amides is 4. The van der Waals surface area contributed by atoms with E-state index < -0.39 is 68.9 Å². The van der Waals surface area contributed by atoms with E-state index >= 15 is 0 Å². The van der Waals surface area contributed by atoms with E-state index in [0.717, 1.165) is 31.1 Å². The lowest BCUT2D eigenvalue weighted by atomic mass is 9.87. The summed E-state index contributed by atoms with van der Waals surface area (Å²) in [5.74, 6) is -1.17. The van der Waals surface area contributed by atoms with Gasteiger partial charge in [0.1, 0.15) is 41.6 Å². The molecule has 3 aromatic rings. The zero-order valence-electron chi connectivity index (χ0n) is 34.7. The molecule has 1 aromatic carbocycles. The Balaban J connectivity index is 1.28. The van der Waals surface area contributed by atoms with Gasteiger partial charge >= 0.3 is 6.09 Å². The summed E-state index contributed by atoms with van der Waals surface area (Å²) in [5.41, 5.74) is -0.571. The molecule has 1 saturated heterocycles. The fraction of sp³-hybridized carbons (Fsp3) is 0.585. The lowest BCUT2D eigenvalue weighted by Crippen LogP contribution is -2.59. The minimum absolute atomic E-state index is 0.00298. The highest BCUT2D eigenvalue weighted by Crippen LogP contribution is 2.45. The van der Waals surface area contributed by atoms with Gasteiger partial charge in [-0.05, 0) is 61.5 Å². The van der Waals surface area contributed by atoms with Crippen LogP contribution in [0, 0.1) is 17.3 Å². The second-order valence-electron chi connectivity index (χ2n) is 17.2. The van der Waals surface area contributed by atoms with Gasteiger partial charge in [-0.2, -0.15) is 5.10 Å². The SMILES string of the molecule is C=C[C@@H]1C[C@]1(NC(=O)[C@@H]1C[C@@H]2CN1C(=O)[C@H](C1CCCC1)NC(=O)OCC(C)(C)CCCc1cc3c(cc(OCc4ncn(C)n4)nc3cc1OC)O2)C(=O)NS(C)(=O)=O. The Labute approximate surface area is 349 Å². The summed E-state index contributed by atoms with van der Waals surface area (Å²) in [7, 11) is -0.626. The number of aryl methyl sites for hydroxylation is 2. The zero-order chi connectivity index (χ0) is 43.0. The van der Waals surface area contributed by atoms with Crippen molar-refractivity contribution in [2.24, 2.45) is 24.3 Å². The average Bonchev–Trinajstić information content (AvgIpc) is 3.59. The standard InChI is InChI=1S/C41H54N8O10S/c1-7-26-19-41(26,38(52)47-60(6,54)55)45-36(50)30-16-27-20-49(30)37(51)35(24-11-8-9-12-24)44-39(53)58-22-40(2,3)14-10-13-25-15-28-29(17-31(25)56-5)43-34(18-32(28)59-27)57-21-33-42-23-48(4)46-33/h7,15,17-18,23-24,26-27,30,35H,1,8-14,16,19-22H2,2-6H3,(H,44,53)(H,45,50)(H,47,52)/t26-,27-,30+,35+,41-/m1/s1. The summed E-state index contributed by atoms with van der Waals surface area (Å²) in [6.45, 7) is 7.87. The second-order valence-corrected chi connectivity index (χ2v) is 19.0. The molecule has 5 atom stereocenters. The van der Waals surface area contributed by atoms with Crippen molar-refractivity contribution in [3.8, 4) is 17.4 Å². The first-order valence-electron chi connectivity index (χ1n) is 20.3. The lowest BCUT2D eigenvalue weighted by molar-refractivity contribution is -0.142. The molecule has 3 fully saturated rings. The molecule has 4 heterocycles. The van der Waals surface area contributed by atoms with Gasteiger partial charge in [0.2, 0.25) is 27.7 Å². The summed E-state index contributed by atoms with van der Waals surface area (Å²) < 4.78 is 52.2. The van der Waals surface area contributed by atoms with Crippen molar-refractivity contribution in [3.63, 3.8) is 0 Å². The van der Waals surface area contributed by atoms with Gasteiger partial charge < -0.3 is 34.5 Å². The third-order valence-electron chi connectivity index (χ3n) is 11.9. The van der Waals surface area contributed by atoms with E-state index in [1.165, 1.54) is 11.0 Å². The molecule has 7 rings (SSSR count). The van der Waals surface area contributed by atoms with E-state index in [4.69, 9.17) is 23.9 Å². The lowest BCUT2D eigenvalue weighted by Gasteiger charge is -2.32. The van der Waals surface area contributed by atoms with E-state index in [1.807, 2.05) is 30.7 Å². The fourth-order valence-electron chi connectivity index (χ4n) is 8.65. The largest absolute Gasteiger partial charge is 0.496 e. The summed E-state index contributed by atoms with van der Waals surface area (Å²) in [6, 6.07) is 3.27. The Bertz CT molecular complexity index is 2280. The number of nitrogens with one attached hydrogen (secondary N) is 3. The van der Waals surface area contributed by atoms with E-state index in [1.54, 1.807) is 31.2 Å². The maximum absolute atomic E-state index is 14.9. The monoisotopic (exact) mass is 850 g/mol. The number of carbonyl (C=O) groups is 4. The predicted octanol–water partition coefficient (Wildman–Crippen LogP) is 3.08. The maximum Gasteiger partial charge on any atom is 0.407 e. The van der Waals surface area contributed by atoms with Gasteiger partial charge in [-0.1, -0.05) is 32.8 Å². The van der Waals surface area contributed by atoms with Crippen molar-refractivity contribution >= 4 is 44.7 Å². The first kappa shape index (κ1) is 42.7. The molecule has 324 valence electrons. The normalized spacial score (nSPS) is 26.0. The van der Waals surface area contributed by atoms with Gasteiger partial charge in [0.15, 0.2) is 12.4 Å². The number of rotatable bonds is 10. The molecule has 2 saturated carbocycles. The highest BCUT2D eigenvalue weighted by molar-refractivity contribution is 7.89. The van der Waals surface area contributed by atoms with Crippen LogP contribution in [0.15, 0.2) is 37.2 Å². The van der Waals surface area contributed by atoms with Crippen molar-refractivity contribution in [2.75, 3.05) is 26.5 Å². The molecule has 2 aliphatic heterocycles. The van der Waals surface area contributed by atoms with Gasteiger partial charge in [-0.25, -0.2) is 23.2 Å². The van der Waals surface area contributed by atoms with Crippen molar-refractivity contribution in [3.05, 3.63) is 48.6 Å². The number of aromatic nitrogens is 4. The smallest absolute Gasteiger partial charge is 0.407 e. The van der Waals surface area contributed by atoms with Gasteiger partial charge in [0.25, 0.3) is 5.91 Å². The quantitative estimate of drug-likeness (QED) is 0.250. The number of methoxy groups -OCH3 is 1. The summed E-state index contributed by atoms with van der Waals surface area (Å²) in [4.78, 5) is 66.6. The van der Waals surface area contributed by atoms with Crippen LogP contribution in [0.3, 0.4) is 0 Å². The van der Waals surface area contributed by atoms with Crippen LogP contribution in [-0.2, 0) is 49.2 Å². The van der Waals surface area contributed by atoms with Gasteiger partial charge in [-0.3, -0.25) is 23.8 Å². The number of nitrogens with zero attached hydrogens (tertiary/aromatic N) is 5. The molecule has 3 N–H and O–H groups in total. The number of sulfonamides is 1. The minimum Gasteiger partial charge on any atom is -0.496 e. The Kier molecular flexibility index (Phi) is 12.0. The van der Waals surface area contributed by atoms with E-state index in [2.05, 4.69) is 27.3 Å². The van der Waals surface area contributed by atoms with Crippen LogP contribution in [0.4, 0.5) is 4.79 Å². The number of fused-ring (bicyclic) bond motifs is 3. The van der Waals surface area contributed by atoms with E-state index in [9.17, 15) is 27.6 Å². The Morgan fingerprint density at radius 3 is 2.58 bits per heavy atom. The van der Waals surface area contributed by atoms with Crippen LogP contribution >= 0.6 is 0 Å². The summed E-state index contributed by atoms with van der Waals surface area (Å²) >= 11 is 0. The van der Waals surface area contributed by atoms with Crippen molar-refractivity contribution in [1.82, 2.24) is 40.0 Å². The molecule has 4 aliphatic rings. The Hall–Kier alpha value is -5.46. The number of ether oxygens (including phenoxy) is 4. The Morgan fingerprint density at radius 1 is 1.15 bits per heavy atom. The third kappa shape index (κ3) is 9.45. The van der Waals surface area contributed by atoms with Crippen LogP contribution in [0.5, 0.6) is 17.4 Å². The third-order valence-corrected chi connectivity index (χ3v) is 12.5. The first-order chi connectivity index (χ1) is 28.5. The van der Waals surface area contributed by atoms with Crippen molar-refractivity contribution < 1.29 is 46.5 Å². The second kappa shape index (κ2) is 16.9. The molecule has 0 spiro atoms. The number of cyclic esters (lactones) is 1. The maximum atomic E-state index is 14.9. The summed E-state index contributed by atoms with van der Waals surface area (Å²) in [6.07, 6.45) is 7.73. The van der Waals surface area contributed by atoms with E-state index in [-0.39, 0.29) is 44.4 Å². The molecule has 4 bridgehead atoms. The summed E-state index contributed by atoms with van der Waals surface area (Å²) in [5, 5.41) is 10.6. The highest BCUT2D eigenvalue weighted by Gasteiger charge is 2.61. The molecule has 2 aromatic heterocycles. The molecule has 19 heteroatoms. The van der Waals surface area contributed by atoms with Crippen LogP contribution < -0.4 is 29.6 Å². The molecular formula is C41H54N8O10S. The highest BCUT2D eigenvalue weighted by atomic mass is 32.2. The zero-order valence-corrected chi connectivity index (χ0v) is 35.5. The Morgan fingerprint density at radius 2 is 1.92 bits per heavy atom. The number of pyridine rings is 1. The molecule has 0 radical (unpaired) electrons. The van der Waals surface area contributed by atoms with Gasteiger partial charge in [0, 0.05) is 36.9 Å². The molecule has 0 unspecified atom stereocenters. The number of benzene rings is 1. The van der Waals surface area contributed by atoms with Crippen LogP contribution in [0.25, 0.3) is 10.9 Å². The molecule has 4 amide bonds. The molecule has 2 aliphatic carbocycles. The van der Waals surface area contributed by atoms with Crippen molar-refractivity contribution in [1.29, 1.82) is 0 Å². The topological polar surface area (TPSA) is 222 Å². The number of alkyl carbamates (subject to hydrolysis) is 1. The molecule has 60 heavy (non-hydrogen) atoms. The first-order valence-corrected chi connectivity index (χ1v) is 22.2.